The number of pyridine rings is 1. The van der Waals surface area contributed by atoms with Crippen molar-refractivity contribution in [3.05, 3.63) is 29.6 Å². The van der Waals surface area contributed by atoms with Crippen LogP contribution < -0.4 is 0 Å². The number of aromatic carboxylic acids is 1. The Labute approximate surface area is 118 Å². The van der Waals surface area contributed by atoms with Gasteiger partial charge in [0.1, 0.15) is 5.69 Å². The minimum Gasteiger partial charge on any atom is -0.477 e. The fourth-order valence-electron chi connectivity index (χ4n) is 3.30. The first-order valence-electron chi connectivity index (χ1n) is 7.28. The lowest BCUT2D eigenvalue weighted by molar-refractivity contribution is -0.0911. The van der Waals surface area contributed by atoms with E-state index < -0.39 is 5.97 Å². The number of hydrogen-bond donors (Lipinski definition) is 1. The third-order valence-corrected chi connectivity index (χ3v) is 4.28. The van der Waals surface area contributed by atoms with Crippen molar-refractivity contribution in [1.82, 2.24) is 9.88 Å². The van der Waals surface area contributed by atoms with Gasteiger partial charge in [-0.25, -0.2) is 9.78 Å². The van der Waals surface area contributed by atoms with Crippen molar-refractivity contribution < 1.29 is 14.6 Å². The molecule has 2 fully saturated rings. The van der Waals surface area contributed by atoms with Crippen molar-refractivity contribution in [1.29, 1.82) is 0 Å². The minimum absolute atomic E-state index is 0.121. The van der Waals surface area contributed by atoms with E-state index in [0.29, 0.717) is 12.1 Å². The molecule has 108 valence electrons. The molecule has 1 saturated carbocycles. The standard InChI is InChI=1S/C15H20N2O3/c18-15(19)12-9-11(5-6-16-12)10-17-7-8-20-14-4-2-1-3-13(14)17/h5-6,9,13-14H,1-4,7-8,10H2,(H,18,19). The summed E-state index contributed by atoms with van der Waals surface area (Å²) in [5.41, 5.74) is 1.14. The second kappa shape index (κ2) is 5.89. The number of ether oxygens (including phenoxy) is 1. The van der Waals surface area contributed by atoms with Crippen molar-refractivity contribution in [2.75, 3.05) is 13.2 Å². The van der Waals surface area contributed by atoms with Gasteiger partial charge >= 0.3 is 5.97 Å². The highest BCUT2D eigenvalue weighted by Crippen LogP contribution is 2.29. The van der Waals surface area contributed by atoms with Crippen molar-refractivity contribution in [3.8, 4) is 0 Å². The van der Waals surface area contributed by atoms with Crippen LogP contribution in [0.5, 0.6) is 0 Å². The second-order valence-electron chi connectivity index (χ2n) is 5.59. The number of carbonyl (C=O) groups is 1. The number of carboxylic acid groups (broad SMARTS) is 1. The lowest BCUT2D eigenvalue weighted by Gasteiger charge is -2.43. The molecule has 1 N–H and O–H groups in total. The summed E-state index contributed by atoms with van der Waals surface area (Å²) in [6.45, 7) is 2.48. The summed E-state index contributed by atoms with van der Waals surface area (Å²) in [4.78, 5) is 17.3. The van der Waals surface area contributed by atoms with E-state index in [9.17, 15) is 4.79 Å². The number of hydrogen-bond acceptors (Lipinski definition) is 4. The zero-order valence-electron chi connectivity index (χ0n) is 11.5. The maximum absolute atomic E-state index is 11.0. The third-order valence-electron chi connectivity index (χ3n) is 4.28. The summed E-state index contributed by atoms with van der Waals surface area (Å²) in [6, 6.07) is 4.06. The largest absolute Gasteiger partial charge is 0.477 e. The zero-order valence-corrected chi connectivity index (χ0v) is 11.5. The Hall–Kier alpha value is -1.46. The highest BCUT2D eigenvalue weighted by molar-refractivity contribution is 5.85. The van der Waals surface area contributed by atoms with E-state index in [1.54, 1.807) is 12.3 Å². The number of rotatable bonds is 3. The van der Waals surface area contributed by atoms with E-state index in [1.165, 1.54) is 19.3 Å². The molecule has 0 aromatic carbocycles. The van der Waals surface area contributed by atoms with E-state index in [4.69, 9.17) is 9.84 Å². The van der Waals surface area contributed by atoms with Gasteiger partial charge in [0, 0.05) is 25.3 Å². The molecule has 3 rings (SSSR count). The van der Waals surface area contributed by atoms with E-state index >= 15 is 0 Å². The Kier molecular flexibility index (Phi) is 3.98. The van der Waals surface area contributed by atoms with Crippen molar-refractivity contribution in [2.45, 2.75) is 44.4 Å². The molecule has 0 amide bonds. The average Bonchev–Trinajstić information content (AvgIpc) is 2.48. The van der Waals surface area contributed by atoms with Crippen LogP contribution in [0.15, 0.2) is 18.3 Å². The smallest absolute Gasteiger partial charge is 0.354 e. The first-order valence-corrected chi connectivity index (χ1v) is 7.28. The van der Waals surface area contributed by atoms with Gasteiger partial charge in [0.05, 0.1) is 12.7 Å². The maximum atomic E-state index is 11.0. The minimum atomic E-state index is -0.968. The molecule has 1 aliphatic heterocycles. The molecule has 0 spiro atoms. The van der Waals surface area contributed by atoms with Gasteiger partial charge in [-0.1, -0.05) is 12.8 Å². The maximum Gasteiger partial charge on any atom is 0.354 e. The number of aromatic nitrogens is 1. The molecule has 0 radical (unpaired) electrons. The number of morpholine rings is 1. The monoisotopic (exact) mass is 276 g/mol. The van der Waals surface area contributed by atoms with Crippen LogP contribution in [0.3, 0.4) is 0 Å². The van der Waals surface area contributed by atoms with Crippen LogP contribution >= 0.6 is 0 Å². The van der Waals surface area contributed by atoms with E-state index in [-0.39, 0.29) is 5.69 Å². The molecule has 1 saturated heterocycles. The molecule has 1 aromatic rings. The predicted octanol–water partition coefficient (Wildman–Crippen LogP) is 1.92. The van der Waals surface area contributed by atoms with Gasteiger partial charge in [0.2, 0.25) is 0 Å². The van der Waals surface area contributed by atoms with Crippen molar-refractivity contribution in [2.24, 2.45) is 0 Å². The molecule has 2 aliphatic rings. The van der Waals surface area contributed by atoms with E-state index in [1.807, 2.05) is 6.07 Å². The predicted molar refractivity (Wildman–Crippen MR) is 73.6 cm³/mol. The molecule has 5 nitrogen and oxygen atoms in total. The lowest BCUT2D eigenvalue weighted by Crippen LogP contribution is -2.52. The molecule has 5 heteroatoms. The van der Waals surface area contributed by atoms with Crippen LogP contribution in [-0.4, -0.2) is 46.3 Å². The van der Waals surface area contributed by atoms with Gasteiger partial charge in [0.25, 0.3) is 0 Å². The Morgan fingerprint density at radius 3 is 3.15 bits per heavy atom. The molecule has 2 unspecified atom stereocenters. The quantitative estimate of drug-likeness (QED) is 0.914. The Morgan fingerprint density at radius 1 is 1.45 bits per heavy atom. The summed E-state index contributed by atoms with van der Waals surface area (Å²) < 4.78 is 5.86. The summed E-state index contributed by atoms with van der Waals surface area (Å²) in [6.07, 6.45) is 6.79. The number of fused-ring (bicyclic) bond motifs is 1. The topological polar surface area (TPSA) is 62.7 Å². The van der Waals surface area contributed by atoms with Gasteiger partial charge < -0.3 is 9.84 Å². The molecular formula is C15H20N2O3. The van der Waals surface area contributed by atoms with Crippen LogP contribution in [0, 0.1) is 0 Å². The van der Waals surface area contributed by atoms with Gasteiger partial charge in [-0.2, -0.15) is 0 Å². The van der Waals surface area contributed by atoms with Crippen molar-refractivity contribution >= 4 is 5.97 Å². The molecule has 1 aromatic heterocycles. The van der Waals surface area contributed by atoms with Crippen LogP contribution in [0.1, 0.15) is 41.7 Å². The molecular weight excluding hydrogens is 256 g/mol. The SMILES string of the molecule is O=C(O)c1cc(CN2CCOC3CCCCC32)ccn1. The highest BCUT2D eigenvalue weighted by Gasteiger charge is 2.33. The fraction of sp³-hybridized carbons (Fsp3) is 0.600. The van der Waals surface area contributed by atoms with E-state index in [0.717, 1.165) is 31.7 Å². The molecule has 1 aliphatic carbocycles. The van der Waals surface area contributed by atoms with Crippen LogP contribution in [-0.2, 0) is 11.3 Å². The van der Waals surface area contributed by atoms with Crippen LogP contribution in [0.2, 0.25) is 0 Å². The first-order chi connectivity index (χ1) is 9.74. The van der Waals surface area contributed by atoms with Gasteiger partial charge in [0.15, 0.2) is 0 Å². The molecule has 0 bridgehead atoms. The summed E-state index contributed by atoms with van der Waals surface area (Å²) in [5, 5.41) is 9.01. The fourth-order valence-corrected chi connectivity index (χ4v) is 3.30. The zero-order chi connectivity index (χ0) is 13.9. The third kappa shape index (κ3) is 2.83. The van der Waals surface area contributed by atoms with Crippen LogP contribution in [0.4, 0.5) is 0 Å². The number of carboxylic acids is 1. The number of nitrogens with zero attached hydrogens (tertiary/aromatic N) is 2. The lowest BCUT2D eigenvalue weighted by atomic mass is 9.90. The summed E-state index contributed by atoms with van der Waals surface area (Å²) >= 11 is 0. The average molecular weight is 276 g/mol. The summed E-state index contributed by atoms with van der Waals surface area (Å²) in [7, 11) is 0. The van der Waals surface area contributed by atoms with Crippen LogP contribution in [0.25, 0.3) is 0 Å². The normalized spacial score (nSPS) is 27.0. The Morgan fingerprint density at radius 2 is 2.30 bits per heavy atom. The van der Waals surface area contributed by atoms with Gasteiger partial charge in [-0.05, 0) is 30.5 Å². The Balaban J connectivity index is 1.72. The Bertz CT molecular complexity index is 490. The molecule has 2 heterocycles. The van der Waals surface area contributed by atoms with Gasteiger partial charge in [-0.3, -0.25) is 4.90 Å². The van der Waals surface area contributed by atoms with Crippen molar-refractivity contribution in [3.63, 3.8) is 0 Å². The second-order valence-corrected chi connectivity index (χ2v) is 5.59. The van der Waals surface area contributed by atoms with Gasteiger partial charge in [-0.15, -0.1) is 0 Å². The molecule has 20 heavy (non-hydrogen) atoms. The first kappa shape index (κ1) is 13.5. The van der Waals surface area contributed by atoms with E-state index in [2.05, 4.69) is 9.88 Å². The summed E-state index contributed by atoms with van der Waals surface area (Å²) in [5.74, 6) is -0.968. The highest BCUT2D eigenvalue weighted by atomic mass is 16.5. The molecule has 2 atom stereocenters.